The molecule has 1 heterocycles. The summed E-state index contributed by atoms with van der Waals surface area (Å²) in [7, 11) is 0. The number of hydrogen-bond donors (Lipinski definition) is 0. The SMILES string of the molecule is CC(=O)c1ccc(-c2ccc(F)cn2)cc1F. The van der Waals surface area contributed by atoms with E-state index in [1.54, 1.807) is 6.07 Å². The molecule has 0 aliphatic rings. The molecule has 0 amide bonds. The first kappa shape index (κ1) is 11.4. The molecule has 17 heavy (non-hydrogen) atoms. The van der Waals surface area contributed by atoms with Crippen LogP contribution in [0.15, 0.2) is 36.5 Å². The van der Waals surface area contributed by atoms with Crippen molar-refractivity contribution in [1.82, 2.24) is 4.98 Å². The zero-order chi connectivity index (χ0) is 12.4. The smallest absolute Gasteiger partial charge is 0.162 e. The molecular formula is C13H9F2NO. The summed E-state index contributed by atoms with van der Waals surface area (Å²) in [5.74, 6) is -1.38. The standard InChI is InChI=1S/C13H9F2NO/c1-8(17)11-4-2-9(6-12(11)15)13-5-3-10(14)7-16-13/h2-7H,1H3. The number of pyridine rings is 1. The Morgan fingerprint density at radius 2 is 1.94 bits per heavy atom. The van der Waals surface area contributed by atoms with E-state index in [4.69, 9.17) is 0 Å². The molecule has 4 heteroatoms. The van der Waals surface area contributed by atoms with Gasteiger partial charge < -0.3 is 0 Å². The predicted octanol–water partition coefficient (Wildman–Crippen LogP) is 3.23. The molecule has 86 valence electrons. The molecular weight excluding hydrogens is 224 g/mol. The Hall–Kier alpha value is -2.10. The lowest BCUT2D eigenvalue weighted by atomic mass is 10.1. The summed E-state index contributed by atoms with van der Waals surface area (Å²) in [6.07, 6.45) is 1.06. The molecule has 0 bridgehead atoms. The van der Waals surface area contributed by atoms with Crippen molar-refractivity contribution in [2.75, 3.05) is 0 Å². The van der Waals surface area contributed by atoms with Crippen molar-refractivity contribution in [3.8, 4) is 11.3 Å². The molecule has 0 radical (unpaired) electrons. The van der Waals surface area contributed by atoms with E-state index in [-0.39, 0.29) is 11.3 Å². The Bertz CT molecular complexity index is 564. The molecule has 0 spiro atoms. The van der Waals surface area contributed by atoms with Crippen LogP contribution in [0.4, 0.5) is 8.78 Å². The van der Waals surface area contributed by atoms with Gasteiger partial charge in [-0.1, -0.05) is 6.07 Å². The number of ketones is 1. The number of Topliss-reactive ketones (excluding diaryl/α,β-unsaturated/α-hetero) is 1. The van der Waals surface area contributed by atoms with Crippen LogP contribution in [0.1, 0.15) is 17.3 Å². The van der Waals surface area contributed by atoms with Crippen LogP contribution in [0, 0.1) is 11.6 Å². The normalized spacial score (nSPS) is 10.3. The highest BCUT2D eigenvalue weighted by molar-refractivity contribution is 5.94. The van der Waals surface area contributed by atoms with Gasteiger partial charge >= 0.3 is 0 Å². The molecule has 0 unspecified atom stereocenters. The lowest BCUT2D eigenvalue weighted by Gasteiger charge is -2.03. The summed E-state index contributed by atoms with van der Waals surface area (Å²) in [4.78, 5) is 14.9. The number of carbonyl (C=O) groups excluding carboxylic acids is 1. The molecule has 0 aliphatic carbocycles. The highest BCUT2D eigenvalue weighted by atomic mass is 19.1. The van der Waals surface area contributed by atoms with Gasteiger partial charge in [0.15, 0.2) is 5.78 Å². The van der Waals surface area contributed by atoms with Gasteiger partial charge in [-0.25, -0.2) is 8.78 Å². The molecule has 1 aromatic heterocycles. The van der Waals surface area contributed by atoms with E-state index >= 15 is 0 Å². The summed E-state index contributed by atoms with van der Waals surface area (Å²) < 4.78 is 26.2. The average Bonchev–Trinajstić information content (AvgIpc) is 2.29. The van der Waals surface area contributed by atoms with Gasteiger partial charge in [-0.2, -0.15) is 0 Å². The molecule has 0 atom stereocenters. The Balaban J connectivity index is 2.44. The second-order valence-electron chi connectivity index (χ2n) is 3.61. The third-order valence-electron chi connectivity index (χ3n) is 2.37. The van der Waals surface area contributed by atoms with Crippen LogP contribution in [0.2, 0.25) is 0 Å². The quantitative estimate of drug-likeness (QED) is 0.745. The Kier molecular flexibility index (Phi) is 2.95. The fourth-order valence-corrected chi connectivity index (χ4v) is 1.51. The fraction of sp³-hybridized carbons (Fsp3) is 0.0769. The number of carbonyl (C=O) groups is 1. The van der Waals surface area contributed by atoms with Gasteiger partial charge in [0.25, 0.3) is 0 Å². The highest BCUT2D eigenvalue weighted by Crippen LogP contribution is 2.20. The first-order valence-corrected chi connectivity index (χ1v) is 5.00. The molecule has 0 saturated heterocycles. The minimum Gasteiger partial charge on any atom is -0.294 e. The fourth-order valence-electron chi connectivity index (χ4n) is 1.51. The van der Waals surface area contributed by atoms with E-state index in [1.165, 1.54) is 31.2 Å². The van der Waals surface area contributed by atoms with Gasteiger partial charge in [0.2, 0.25) is 0 Å². The minimum absolute atomic E-state index is 0.0378. The Labute approximate surface area is 96.9 Å². The Morgan fingerprint density at radius 3 is 2.47 bits per heavy atom. The summed E-state index contributed by atoms with van der Waals surface area (Å²) >= 11 is 0. The van der Waals surface area contributed by atoms with Crippen LogP contribution in [0.5, 0.6) is 0 Å². The maximum atomic E-state index is 13.5. The van der Waals surface area contributed by atoms with Crippen molar-refractivity contribution < 1.29 is 13.6 Å². The molecule has 0 fully saturated rings. The van der Waals surface area contributed by atoms with Crippen molar-refractivity contribution >= 4 is 5.78 Å². The van der Waals surface area contributed by atoms with E-state index in [0.29, 0.717) is 11.3 Å². The maximum absolute atomic E-state index is 13.5. The molecule has 2 rings (SSSR count). The van der Waals surface area contributed by atoms with E-state index in [0.717, 1.165) is 6.20 Å². The van der Waals surface area contributed by atoms with Gasteiger partial charge in [0, 0.05) is 5.56 Å². The summed E-state index contributed by atoms with van der Waals surface area (Å²) in [6.45, 7) is 1.30. The summed E-state index contributed by atoms with van der Waals surface area (Å²) in [5.41, 5.74) is 1.00. The number of nitrogens with zero attached hydrogens (tertiary/aromatic N) is 1. The molecule has 0 aliphatic heterocycles. The third kappa shape index (κ3) is 2.36. The van der Waals surface area contributed by atoms with Gasteiger partial charge in [-0.05, 0) is 31.2 Å². The Morgan fingerprint density at radius 1 is 1.18 bits per heavy atom. The number of aromatic nitrogens is 1. The van der Waals surface area contributed by atoms with E-state index in [2.05, 4.69) is 4.98 Å². The van der Waals surface area contributed by atoms with Crippen molar-refractivity contribution in [1.29, 1.82) is 0 Å². The number of benzene rings is 1. The van der Waals surface area contributed by atoms with Crippen molar-refractivity contribution in [2.45, 2.75) is 6.92 Å². The zero-order valence-corrected chi connectivity index (χ0v) is 9.08. The summed E-state index contributed by atoms with van der Waals surface area (Å²) in [5, 5.41) is 0. The molecule has 2 aromatic rings. The third-order valence-corrected chi connectivity index (χ3v) is 2.37. The maximum Gasteiger partial charge on any atom is 0.162 e. The average molecular weight is 233 g/mol. The second-order valence-corrected chi connectivity index (χ2v) is 3.61. The van der Waals surface area contributed by atoms with Crippen LogP contribution >= 0.6 is 0 Å². The molecule has 2 nitrogen and oxygen atoms in total. The number of rotatable bonds is 2. The predicted molar refractivity (Wildman–Crippen MR) is 59.6 cm³/mol. The van der Waals surface area contributed by atoms with E-state index in [1.807, 2.05) is 0 Å². The monoisotopic (exact) mass is 233 g/mol. The minimum atomic E-state index is -0.596. The molecule has 0 N–H and O–H groups in total. The van der Waals surface area contributed by atoms with E-state index < -0.39 is 11.6 Å². The van der Waals surface area contributed by atoms with Gasteiger partial charge in [-0.15, -0.1) is 0 Å². The van der Waals surface area contributed by atoms with E-state index in [9.17, 15) is 13.6 Å². The van der Waals surface area contributed by atoms with Crippen molar-refractivity contribution in [3.63, 3.8) is 0 Å². The van der Waals surface area contributed by atoms with Crippen LogP contribution in [-0.4, -0.2) is 10.8 Å². The lowest BCUT2D eigenvalue weighted by Crippen LogP contribution is -1.97. The zero-order valence-electron chi connectivity index (χ0n) is 9.08. The topological polar surface area (TPSA) is 30.0 Å². The number of halogens is 2. The van der Waals surface area contributed by atoms with Crippen LogP contribution in [0.3, 0.4) is 0 Å². The largest absolute Gasteiger partial charge is 0.294 e. The van der Waals surface area contributed by atoms with Crippen LogP contribution in [0.25, 0.3) is 11.3 Å². The first-order valence-electron chi connectivity index (χ1n) is 5.00. The van der Waals surface area contributed by atoms with Crippen molar-refractivity contribution in [3.05, 3.63) is 53.7 Å². The lowest BCUT2D eigenvalue weighted by molar-refractivity contribution is 0.101. The van der Waals surface area contributed by atoms with Gasteiger partial charge in [0.05, 0.1) is 17.5 Å². The number of hydrogen-bond acceptors (Lipinski definition) is 2. The highest BCUT2D eigenvalue weighted by Gasteiger charge is 2.09. The van der Waals surface area contributed by atoms with Gasteiger partial charge in [-0.3, -0.25) is 9.78 Å². The molecule has 1 aromatic carbocycles. The molecule has 0 saturated carbocycles. The van der Waals surface area contributed by atoms with Crippen LogP contribution in [-0.2, 0) is 0 Å². The first-order chi connectivity index (χ1) is 8.08. The van der Waals surface area contributed by atoms with Gasteiger partial charge in [0.1, 0.15) is 11.6 Å². The second kappa shape index (κ2) is 4.41. The van der Waals surface area contributed by atoms with Crippen LogP contribution < -0.4 is 0 Å². The van der Waals surface area contributed by atoms with Crippen molar-refractivity contribution in [2.24, 2.45) is 0 Å². The summed E-state index contributed by atoms with van der Waals surface area (Å²) in [6, 6.07) is 6.91.